The number of carbonyl (C=O) groups is 2. The maximum absolute atomic E-state index is 12.8. The third kappa shape index (κ3) is 8.08. The number of nitrogens with one attached hydrogen (secondary N) is 2. The second-order valence-electron chi connectivity index (χ2n) is 8.99. The predicted molar refractivity (Wildman–Crippen MR) is 136 cm³/mol. The molecule has 0 spiro atoms. The fourth-order valence-corrected chi connectivity index (χ4v) is 4.10. The Balaban J connectivity index is 1.45. The standard InChI is InChI=1S/C28H38N2O4/c1-3-5-17-33-25-11-7-9-23(19-25)29-27(31)21-13-15-22(16-14-21)28(32)30-24-10-8-12-26(20-24)34-18-6-4-2/h7-12,19-22H,3-6,13-18H2,1-2H3,(H,29,31)(H,30,32). The van der Waals surface area contributed by atoms with Gasteiger partial charge in [0, 0.05) is 35.3 Å². The molecule has 0 aliphatic heterocycles. The number of carbonyl (C=O) groups excluding carboxylic acids is 2. The lowest BCUT2D eigenvalue weighted by Gasteiger charge is -2.27. The number of unbranched alkanes of at least 4 members (excludes halogenated alkanes) is 2. The fraction of sp³-hybridized carbons (Fsp3) is 0.500. The number of anilines is 2. The summed E-state index contributed by atoms with van der Waals surface area (Å²) in [5.41, 5.74) is 1.50. The van der Waals surface area contributed by atoms with Gasteiger partial charge in [-0.25, -0.2) is 0 Å². The third-order valence-electron chi connectivity index (χ3n) is 6.21. The van der Waals surface area contributed by atoms with Crippen LogP contribution < -0.4 is 20.1 Å². The number of hydrogen-bond donors (Lipinski definition) is 2. The second kappa shape index (κ2) is 13.6. The zero-order valence-corrected chi connectivity index (χ0v) is 20.5. The third-order valence-corrected chi connectivity index (χ3v) is 6.21. The first-order valence-corrected chi connectivity index (χ1v) is 12.7. The van der Waals surface area contributed by atoms with Crippen LogP contribution in [0.5, 0.6) is 11.5 Å². The molecule has 2 N–H and O–H groups in total. The van der Waals surface area contributed by atoms with Gasteiger partial charge in [0.15, 0.2) is 0 Å². The molecule has 6 nitrogen and oxygen atoms in total. The first kappa shape index (κ1) is 25.6. The van der Waals surface area contributed by atoms with E-state index in [-0.39, 0.29) is 23.7 Å². The molecule has 1 aliphatic carbocycles. The highest BCUT2D eigenvalue weighted by Crippen LogP contribution is 2.31. The van der Waals surface area contributed by atoms with Crippen LogP contribution >= 0.6 is 0 Å². The molecule has 0 saturated heterocycles. The molecule has 2 amide bonds. The van der Waals surface area contributed by atoms with Crippen molar-refractivity contribution in [2.75, 3.05) is 23.8 Å². The highest BCUT2D eigenvalue weighted by atomic mass is 16.5. The van der Waals surface area contributed by atoms with Gasteiger partial charge in [0.2, 0.25) is 11.8 Å². The molecule has 1 fully saturated rings. The van der Waals surface area contributed by atoms with E-state index in [1.807, 2.05) is 48.5 Å². The van der Waals surface area contributed by atoms with E-state index < -0.39 is 0 Å². The molecule has 0 radical (unpaired) electrons. The van der Waals surface area contributed by atoms with Gasteiger partial charge in [0.05, 0.1) is 13.2 Å². The zero-order chi connectivity index (χ0) is 24.2. The summed E-state index contributed by atoms with van der Waals surface area (Å²) < 4.78 is 11.5. The van der Waals surface area contributed by atoms with E-state index in [1.165, 1.54) is 0 Å². The lowest BCUT2D eigenvalue weighted by atomic mass is 9.81. The summed E-state index contributed by atoms with van der Waals surface area (Å²) >= 11 is 0. The number of rotatable bonds is 12. The average molecular weight is 467 g/mol. The number of amides is 2. The van der Waals surface area contributed by atoms with Crippen LogP contribution in [0.1, 0.15) is 65.2 Å². The highest BCUT2D eigenvalue weighted by Gasteiger charge is 2.30. The molecule has 0 atom stereocenters. The molecule has 1 saturated carbocycles. The average Bonchev–Trinajstić information content (AvgIpc) is 2.85. The van der Waals surface area contributed by atoms with Crippen LogP contribution in [0.4, 0.5) is 11.4 Å². The summed E-state index contributed by atoms with van der Waals surface area (Å²) in [7, 11) is 0. The molecular weight excluding hydrogens is 428 g/mol. The Morgan fingerprint density at radius 3 is 1.53 bits per heavy atom. The Morgan fingerprint density at radius 2 is 1.15 bits per heavy atom. The minimum atomic E-state index is -0.0796. The van der Waals surface area contributed by atoms with E-state index in [0.29, 0.717) is 38.9 Å². The SMILES string of the molecule is CCCCOc1cccc(NC(=O)C2CCC(C(=O)Nc3cccc(OCCCC)c3)CC2)c1. The van der Waals surface area contributed by atoms with Crippen molar-refractivity contribution < 1.29 is 19.1 Å². The van der Waals surface area contributed by atoms with Crippen LogP contribution in [0.25, 0.3) is 0 Å². The molecular formula is C28H38N2O4. The molecule has 2 aromatic rings. The van der Waals surface area contributed by atoms with E-state index >= 15 is 0 Å². The maximum atomic E-state index is 12.8. The number of ether oxygens (including phenoxy) is 2. The summed E-state index contributed by atoms with van der Waals surface area (Å²) in [4.78, 5) is 25.6. The first-order valence-electron chi connectivity index (χ1n) is 12.7. The second-order valence-corrected chi connectivity index (χ2v) is 8.99. The number of hydrogen-bond acceptors (Lipinski definition) is 4. The summed E-state index contributed by atoms with van der Waals surface area (Å²) in [5.74, 6) is 1.41. The lowest BCUT2D eigenvalue weighted by molar-refractivity contribution is -0.125. The van der Waals surface area contributed by atoms with E-state index in [4.69, 9.17) is 9.47 Å². The van der Waals surface area contributed by atoms with Crippen molar-refractivity contribution in [3.8, 4) is 11.5 Å². The van der Waals surface area contributed by atoms with Gasteiger partial charge in [-0.05, 0) is 62.8 Å². The molecule has 3 rings (SSSR count). The van der Waals surface area contributed by atoms with Gasteiger partial charge in [-0.15, -0.1) is 0 Å². The number of benzene rings is 2. The van der Waals surface area contributed by atoms with Crippen LogP contribution in [0.2, 0.25) is 0 Å². The Kier molecular flexibility index (Phi) is 10.3. The van der Waals surface area contributed by atoms with Gasteiger partial charge in [0.25, 0.3) is 0 Å². The zero-order valence-electron chi connectivity index (χ0n) is 20.5. The topological polar surface area (TPSA) is 76.7 Å². The van der Waals surface area contributed by atoms with Crippen LogP contribution in [0.3, 0.4) is 0 Å². The quantitative estimate of drug-likeness (QED) is 0.354. The van der Waals surface area contributed by atoms with Crippen molar-refractivity contribution in [3.63, 3.8) is 0 Å². The molecule has 1 aliphatic rings. The van der Waals surface area contributed by atoms with E-state index in [9.17, 15) is 9.59 Å². The Bertz CT molecular complexity index is 847. The minimum absolute atomic E-state index is 0.0153. The molecule has 6 heteroatoms. The summed E-state index contributed by atoms with van der Waals surface area (Å²) in [6.45, 7) is 5.60. The van der Waals surface area contributed by atoms with E-state index in [0.717, 1.165) is 48.6 Å². The Hall–Kier alpha value is -3.02. The van der Waals surface area contributed by atoms with Gasteiger partial charge in [-0.1, -0.05) is 38.8 Å². The van der Waals surface area contributed by atoms with Crippen molar-refractivity contribution in [2.45, 2.75) is 65.2 Å². The molecule has 184 valence electrons. The molecule has 0 bridgehead atoms. The summed E-state index contributed by atoms with van der Waals surface area (Å²) in [5, 5.41) is 6.04. The van der Waals surface area contributed by atoms with Crippen LogP contribution in [0.15, 0.2) is 48.5 Å². The summed E-state index contributed by atoms with van der Waals surface area (Å²) in [6.07, 6.45) is 6.99. The van der Waals surface area contributed by atoms with E-state index in [2.05, 4.69) is 24.5 Å². The van der Waals surface area contributed by atoms with Crippen LogP contribution in [-0.2, 0) is 9.59 Å². The van der Waals surface area contributed by atoms with Crippen molar-refractivity contribution >= 4 is 23.2 Å². The van der Waals surface area contributed by atoms with E-state index in [1.54, 1.807) is 0 Å². The first-order chi connectivity index (χ1) is 16.6. The maximum Gasteiger partial charge on any atom is 0.227 e. The molecule has 2 aromatic carbocycles. The summed E-state index contributed by atoms with van der Waals surface area (Å²) in [6, 6.07) is 15.1. The monoisotopic (exact) mass is 466 g/mol. The van der Waals surface area contributed by atoms with Crippen LogP contribution in [0, 0.1) is 11.8 Å². The van der Waals surface area contributed by atoms with Crippen molar-refractivity contribution in [2.24, 2.45) is 11.8 Å². The normalized spacial score (nSPS) is 17.6. The smallest absolute Gasteiger partial charge is 0.227 e. The Labute approximate surface area is 203 Å². The fourth-order valence-electron chi connectivity index (χ4n) is 4.10. The molecule has 0 aromatic heterocycles. The molecule has 34 heavy (non-hydrogen) atoms. The molecule has 0 heterocycles. The van der Waals surface area contributed by atoms with Crippen molar-refractivity contribution in [1.82, 2.24) is 0 Å². The van der Waals surface area contributed by atoms with Crippen LogP contribution in [-0.4, -0.2) is 25.0 Å². The van der Waals surface area contributed by atoms with Gasteiger partial charge < -0.3 is 20.1 Å². The lowest BCUT2D eigenvalue weighted by Crippen LogP contribution is -2.32. The van der Waals surface area contributed by atoms with Crippen molar-refractivity contribution in [3.05, 3.63) is 48.5 Å². The van der Waals surface area contributed by atoms with Gasteiger partial charge >= 0.3 is 0 Å². The Morgan fingerprint density at radius 1 is 0.735 bits per heavy atom. The predicted octanol–water partition coefficient (Wildman–Crippen LogP) is 6.43. The largest absolute Gasteiger partial charge is 0.494 e. The van der Waals surface area contributed by atoms with Gasteiger partial charge in [-0.3, -0.25) is 9.59 Å². The van der Waals surface area contributed by atoms with Crippen molar-refractivity contribution in [1.29, 1.82) is 0 Å². The van der Waals surface area contributed by atoms with Gasteiger partial charge in [0.1, 0.15) is 11.5 Å². The minimum Gasteiger partial charge on any atom is -0.494 e. The molecule has 0 unspecified atom stereocenters. The van der Waals surface area contributed by atoms with Gasteiger partial charge in [-0.2, -0.15) is 0 Å². The highest BCUT2D eigenvalue weighted by molar-refractivity contribution is 5.94.